The number of ether oxygens (including phenoxy) is 1. The third-order valence-corrected chi connectivity index (χ3v) is 17.5. The van der Waals surface area contributed by atoms with Crippen molar-refractivity contribution in [2.75, 3.05) is 64.8 Å². The first-order chi connectivity index (χ1) is 34.1. The van der Waals surface area contributed by atoms with Crippen LogP contribution in [0.2, 0.25) is 0 Å². The number of nitrogens with one attached hydrogen (secondary N) is 6. The van der Waals surface area contributed by atoms with Gasteiger partial charge in [-0.05, 0) is 121 Å². The molecule has 1 aromatic carbocycles. The van der Waals surface area contributed by atoms with E-state index in [0.29, 0.717) is 18.9 Å². The van der Waals surface area contributed by atoms with Gasteiger partial charge in [0.05, 0.1) is 36.8 Å². The number of amides is 4. The second-order valence-corrected chi connectivity index (χ2v) is 22.6. The van der Waals surface area contributed by atoms with Crippen LogP contribution in [0.25, 0.3) is 0 Å². The monoisotopic (exact) mass is 983 g/mol. The number of epoxide rings is 1. The molecule has 16 heteroatoms. The Labute approximate surface area is 423 Å². The first kappa shape index (κ1) is 53.0. The predicted molar refractivity (Wildman–Crippen MR) is 277 cm³/mol. The van der Waals surface area contributed by atoms with E-state index in [1.165, 1.54) is 22.5 Å². The lowest BCUT2D eigenvalue weighted by Crippen LogP contribution is -2.58. The summed E-state index contributed by atoms with van der Waals surface area (Å²) in [6.45, 7) is 19.2. The third kappa shape index (κ3) is 11.3. The highest BCUT2D eigenvalue weighted by Gasteiger charge is 2.55. The molecule has 0 aromatic heterocycles. The Bertz CT molecular complexity index is 2160. The lowest BCUT2D eigenvalue weighted by atomic mass is 9.61. The molecule has 4 heterocycles. The zero-order chi connectivity index (χ0) is 50.7. The van der Waals surface area contributed by atoms with Crippen LogP contribution in [-0.4, -0.2) is 159 Å². The van der Waals surface area contributed by atoms with Crippen LogP contribution >= 0.6 is 0 Å². The number of likely N-dealkylation sites (N-methyl/N-ethyl adjacent to an activating group) is 2. The van der Waals surface area contributed by atoms with E-state index in [1.807, 2.05) is 20.8 Å². The fourth-order valence-corrected chi connectivity index (χ4v) is 12.8. The molecule has 0 radical (unpaired) electrons. The van der Waals surface area contributed by atoms with E-state index in [1.54, 1.807) is 25.9 Å². The Balaban J connectivity index is 0.855. The molecule has 4 saturated heterocycles. The van der Waals surface area contributed by atoms with Crippen molar-refractivity contribution < 1.29 is 28.7 Å². The summed E-state index contributed by atoms with van der Waals surface area (Å²) in [4.78, 5) is 76.8. The number of Topliss-reactive ketones (excluding diaryl/α,β-unsaturated/α-hetero) is 1. The fraction of sp³-hybridized carbons (Fsp3) is 0.727. The minimum Gasteiger partial charge on any atom is -0.371 e. The van der Waals surface area contributed by atoms with Crippen LogP contribution in [0.4, 0.5) is 5.69 Å². The number of hydrogen-bond donors (Lipinski definition) is 6. The molecule has 1 aromatic rings. The third-order valence-electron chi connectivity index (χ3n) is 17.5. The van der Waals surface area contributed by atoms with Gasteiger partial charge in [0.2, 0.25) is 23.6 Å². The van der Waals surface area contributed by atoms with E-state index in [-0.39, 0.29) is 95.7 Å². The fourth-order valence-electron chi connectivity index (χ4n) is 12.8. The maximum atomic E-state index is 14.3. The average molecular weight is 983 g/mol. The lowest BCUT2D eigenvalue weighted by Gasteiger charge is -2.51. The summed E-state index contributed by atoms with van der Waals surface area (Å²) in [6, 6.07) is 4.45. The van der Waals surface area contributed by atoms with Crippen LogP contribution in [0.5, 0.6) is 0 Å². The van der Waals surface area contributed by atoms with Crippen molar-refractivity contribution in [3.63, 3.8) is 0 Å². The van der Waals surface area contributed by atoms with Gasteiger partial charge in [-0.3, -0.25) is 28.9 Å². The van der Waals surface area contributed by atoms with E-state index in [4.69, 9.17) is 4.74 Å². The SMILES string of the molecule is CN[C@@H](C)C(=O)N[C@@H](C(C)C)C1OC1N1CCC[C@H]1C(=O)N[C@@H]1CCCC2C(N3CCN(c4cccc5c4CCC[C@H]5NCC(=O)[C@@H]4CCCN4C(=O)[C@@H](NC(=O)[C@H](C)NC)C(C)C)CC3)=CC=CC21C. The zero-order valence-electron chi connectivity index (χ0n) is 44.2. The van der Waals surface area contributed by atoms with Crippen LogP contribution < -0.4 is 36.8 Å². The first-order valence-corrected chi connectivity index (χ1v) is 27.3. The van der Waals surface area contributed by atoms with Gasteiger partial charge in [-0.15, -0.1) is 0 Å². The number of carbonyl (C=O) groups excluding carboxylic acids is 5. The van der Waals surface area contributed by atoms with Crippen LogP contribution in [0.1, 0.15) is 123 Å². The normalized spacial score (nSPS) is 30.3. The minimum absolute atomic E-state index is 0.0233. The van der Waals surface area contributed by atoms with Crippen molar-refractivity contribution in [2.24, 2.45) is 23.2 Å². The van der Waals surface area contributed by atoms with E-state index < -0.39 is 18.1 Å². The summed E-state index contributed by atoms with van der Waals surface area (Å²) >= 11 is 0. The molecule has 12 atom stereocenters. The van der Waals surface area contributed by atoms with Gasteiger partial charge < -0.3 is 51.3 Å². The quantitative estimate of drug-likeness (QED) is 0.111. The lowest BCUT2D eigenvalue weighted by molar-refractivity contribution is -0.141. The summed E-state index contributed by atoms with van der Waals surface area (Å²) in [5.41, 5.74) is 5.11. The molecule has 0 bridgehead atoms. The summed E-state index contributed by atoms with van der Waals surface area (Å²) < 4.78 is 6.28. The number of ketones is 1. The molecule has 5 fully saturated rings. The highest BCUT2D eigenvalue weighted by Crippen LogP contribution is 2.49. The van der Waals surface area contributed by atoms with Gasteiger partial charge in [0.1, 0.15) is 18.4 Å². The van der Waals surface area contributed by atoms with Crippen LogP contribution in [0.3, 0.4) is 0 Å². The molecular weight excluding hydrogens is 897 g/mol. The number of piperazine rings is 1. The van der Waals surface area contributed by atoms with Gasteiger partial charge >= 0.3 is 0 Å². The van der Waals surface area contributed by atoms with E-state index in [9.17, 15) is 24.0 Å². The summed E-state index contributed by atoms with van der Waals surface area (Å²) in [6.07, 6.45) is 15.8. The molecule has 3 aliphatic carbocycles. The number of rotatable bonds is 19. The van der Waals surface area contributed by atoms with Crippen molar-refractivity contribution >= 4 is 35.1 Å². The second-order valence-electron chi connectivity index (χ2n) is 22.6. The van der Waals surface area contributed by atoms with E-state index >= 15 is 0 Å². The summed E-state index contributed by atoms with van der Waals surface area (Å²) in [7, 11) is 3.50. The van der Waals surface area contributed by atoms with Crippen molar-refractivity contribution in [3.05, 3.63) is 53.3 Å². The molecule has 71 heavy (non-hydrogen) atoms. The molecule has 6 N–H and O–H groups in total. The number of benzene rings is 1. The van der Waals surface area contributed by atoms with Crippen molar-refractivity contribution in [2.45, 2.75) is 173 Å². The molecule has 1 saturated carbocycles. The molecule has 8 rings (SSSR count). The van der Waals surface area contributed by atoms with Gasteiger partial charge in [0, 0.05) is 74.1 Å². The van der Waals surface area contributed by atoms with Gasteiger partial charge in [0.25, 0.3) is 0 Å². The number of allylic oxidation sites excluding steroid dienone is 3. The number of fused-ring (bicyclic) bond motifs is 2. The number of nitrogens with zero attached hydrogens (tertiary/aromatic N) is 4. The standard InChI is InChI=1S/C55H86N10O6/c1-33(2)47(60-50(67)35(5)56-8)49-54(71-49)65-27-15-23-44(65)52(69)59-46-24-12-18-39-42(21-13-25-55(39,46)7)63-30-28-62(29-31-63)41-20-11-16-37-38(41)17-10-19-40(37)58-32-45(66)43-22-14-26-64(43)53(70)48(34(3)4)61-51(68)36(6)57-9/h11,13,16,20-21,25,33-36,39-40,43-44,46-49,54,56-58H,10,12,14-15,17-19,22-24,26-32H2,1-9H3,(H,59,69)(H,60,67)(H,61,68)/t35-,36-,39?,40+,43-,44-,46+,47-,48-,49?,54?,55?/m0/s1. The number of hydrogen-bond acceptors (Lipinski definition) is 12. The Hall–Kier alpha value is -4.35. The number of carbonyl (C=O) groups is 5. The van der Waals surface area contributed by atoms with Crippen LogP contribution in [-0.2, 0) is 35.1 Å². The topological polar surface area (TPSA) is 183 Å². The molecule has 7 aliphatic rings. The van der Waals surface area contributed by atoms with Crippen LogP contribution in [0, 0.1) is 23.2 Å². The van der Waals surface area contributed by atoms with Crippen molar-refractivity contribution in [1.82, 2.24) is 46.6 Å². The molecule has 392 valence electrons. The molecule has 16 nitrogen and oxygen atoms in total. The van der Waals surface area contributed by atoms with Gasteiger partial charge in [-0.2, -0.15) is 0 Å². The van der Waals surface area contributed by atoms with Gasteiger partial charge in [-0.1, -0.05) is 65.3 Å². The zero-order valence-corrected chi connectivity index (χ0v) is 44.2. The number of likely N-dealkylation sites (tertiary alicyclic amines) is 2. The van der Waals surface area contributed by atoms with Gasteiger partial charge in [-0.25, -0.2) is 0 Å². The van der Waals surface area contributed by atoms with Crippen LogP contribution in [0.15, 0.2) is 42.1 Å². The van der Waals surface area contributed by atoms with Gasteiger partial charge in [0.15, 0.2) is 5.78 Å². The highest BCUT2D eigenvalue weighted by molar-refractivity contribution is 5.95. The molecule has 4 aliphatic heterocycles. The predicted octanol–water partition coefficient (Wildman–Crippen LogP) is 3.77. The van der Waals surface area contributed by atoms with Crippen molar-refractivity contribution in [1.29, 1.82) is 0 Å². The van der Waals surface area contributed by atoms with Crippen molar-refractivity contribution in [3.8, 4) is 0 Å². The molecular formula is C55H86N10O6. The Kier molecular flexibility index (Phi) is 17.0. The second kappa shape index (κ2) is 22.8. The maximum absolute atomic E-state index is 14.3. The Morgan fingerprint density at radius 1 is 0.761 bits per heavy atom. The largest absolute Gasteiger partial charge is 0.371 e. The Morgan fingerprint density at radius 2 is 1.45 bits per heavy atom. The molecule has 4 unspecified atom stereocenters. The highest BCUT2D eigenvalue weighted by atomic mass is 16.6. The first-order valence-electron chi connectivity index (χ1n) is 27.3. The molecule has 4 amide bonds. The van der Waals surface area contributed by atoms with E-state index in [2.05, 4.69) is 104 Å². The molecule has 0 spiro atoms. The summed E-state index contributed by atoms with van der Waals surface area (Å²) in [5, 5.41) is 19.4. The maximum Gasteiger partial charge on any atom is 0.246 e. The number of anilines is 1. The van der Waals surface area contributed by atoms with E-state index in [0.717, 1.165) is 90.5 Å². The smallest absolute Gasteiger partial charge is 0.246 e. The average Bonchev–Trinajstić information content (AvgIpc) is 3.70. The minimum atomic E-state index is -0.688. The Morgan fingerprint density at radius 3 is 2.15 bits per heavy atom. The summed E-state index contributed by atoms with van der Waals surface area (Å²) in [5.74, 6) is 0.0617.